The standard InChI is InChI=1S/C24H23N5O/c1-3-22(30)28-11-13-29(14-12-28)24-20-15-21(27(2)23(20)25-16-26-24)19-10-6-8-17-7-4-5-9-18(17)19/h3-10,15-16H,1,11-14H2,2H3. The van der Waals surface area contributed by atoms with Crippen LogP contribution in [0.3, 0.4) is 0 Å². The van der Waals surface area contributed by atoms with Crippen LogP contribution >= 0.6 is 0 Å². The first-order valence-corrected chi connectivity index (χ1v) is 10.1. The van der Waals surface area contributed by atoms with Crippen molar-refractivity contribution in [3.05, 3.63) is 67.5 Å². The van der Waals surface area contributed by atoms with E-state index in [1.807, 2.05) is 4.90 Å². The molecule has 6 nitrogen and oxygen atoms in total. The number of hydrogen-bond donors (Lipinski definition) is 0. The maximum absolute atomic E-state index is 11.9. The molecule has 0 bridgehead atoms. The Morgan fingerprint density at radius 1 is 1.00 bits per heavy atom. The lowest BCUT2D eigenvalue weighted by Gasteiger charge is -2.35. The van der Waals surface area contributed by atoms with Crippen LogP contribution in [0, 0.1) is 0 Å². The quantitative estimate of drug-likeness (QED) is 0.496. The first-order chi connectivity index (χ1) is 14.7. The van der Waals surface area contributed by atoms with Crippen LogP contribution in [0.2, 0.25) is 0 Å². The van der Waals surface area contributed by atoms with E-state index in [4.69, 9.17) is 0 Å². The number of rotatable bonds is 3. The molecule has 0 atom stereocenters. The highest BCUT2D eigenvalue weighted by Gasteiger charge is 2.23. The zero-order chi connectivity index (χ0) is 20.7. The molecule has 1 fully saturated rings. The van der Waals surface area contributed by atoms with Gasteiger partial charge in [0.05, 0.1) is 11.1 Å². The third-order valence-electron chi connectivity index (χ3n) is 5.93. The number of fused-ring (bicyclic) bond motifs is 2. The SMILES string of the molecule is C=CC(=O)N1CCN(c2ncnc3c2cc(-c2cccc4ccccc24)n3C)CC1. The lowest BCUT2D eigenvalue weighted by atomic mass is 10.0. The highest BCUT2D eigenvalue weighted by molar-refractivity contribution is 6.00. The molecule has 0 spiro atoms. The van der Waals surface area contributed by atoms with Crippen molar-refractivity contribution in [3.63, 3.8) is 0 Å². The van der Waals surface area contributed by atoms with Gasteiger partial charge in [0.1, 0.15) is 17.8 Å². The van der Waals surface area contributed by atoms with E-state index < -0.39 is 0 Å². The molecular formula is C24H23N5O. The van der Waals surface area contributed by atoms with Gasteiger partial charge in [0.2, 0.25) is 5.91 Å². The van der Waals surface area contributed by atoms with E-state index in [2.05, 4.69) is 81.6 Å². The van der Waals surface area contributed by atoms with Crippen LogP contribution in [0.5, 0.6) is 0 Å². The van der Waals surface area contributed by atoms with Gasteiger partial charge >= 0.3 is 0 Å². The summed E-state index contributed by atoms with van der Waals surface area (Å²) in [6.07, 6.45) is 3.01. The Balaban J connectivity index is 1.57. The molecule has 0 radical (unpaired) electrons. The Morgan fingerprint density at radius 3 is 2.57 bits per heavy atom. The minimum Gasteiger partial charge on any atom is -0.352 e. The summed E-state index contributed by atoms with van der Waals surface area (Å²) in [6.45, 7) is 6.40. The smallest absolute Gasteiger partial charge is 0.246 e. The molecule has 6 heteroatoms. The topological polar surface area (TPSA) is 54.3 Å². The van der Waals surface area contributed by atoms with Gasteiger partial charge in [-0.15, -0.1) is 0 Å². The summed E-state index contributed by atoms with van der Waals surface area (Å²) >= 11 is 0. The number of nitrogens with zero attached hydrogens (tertiary/aromatic N) is 5. The Hall–Kier alpha value is -3.67. The molecule has 0 unspecified atom stereocenters. The third kappa shape index (κ3) is 2.92. The molecule has 150 valence electrons. The summed E-state index contributed by atoms with van der Waals surface area (Å²) in [6, 6.07) is 17.0. The van der Waals surface area contributed by atoms with Gasteiger partial charge in [-0.3, -0.25) is 4.79 Å². The fraction of sp³-hybridized carbons (Fsp3) is 0.208. The molecule has 0 aliphatic carbocycles. The van der Waals surface area contributed by atoms with Crippen LogP contribution in [0.1, 0.15) is 0 Å². The predicted octanol–water partition coefficient (Wildman–Crippen LogP) is 3.62. The monoisotopic (exact) mass is 397 g/mol. The minimum absolute atomic E-state index is 0.0135. The molecule has 2 aromatic heterocycles. The molecule has 1 amide bonds. The summed E-state index contributed by atoms with van der Waals surface area (Å²) in [4.78, 5) is 25.1. The lowest BCUT2D eigenvalue weighted by molar-refractivity contribution is -0.126. The molecule has 4 aromatic rings. The summed E-state index contributed by atoms with van der Waals surface area (Å²) in [7, 11) is 2.05. The Morgan fingerprint density at radius 2 is 1.77 bits per heavy atom. The lowest BCUT2D eigenvalue weighted by Crippen LogP contribution is -2.48. The molecule has 1 aliphatic rings. The maximum atomic E-state index is 11.9. The van der Waals surface area contributed by atoms with Gasteiger partial charge in [-0.2, -0.15) is 0 Å². The second-order valence-electron chi connectivity index (χ2n) is 7.57. The third-order valence-corrected chi connectivity index (χ3v) is 5.93. The van der Waals surface area contributed by atoms with Crippen LogP contribution < -0.4 is 4.90 Å². The average molecular weight is 397 g/mol. The van der Waals surface area contributed by atoms with E-state index in [-0.39, 0.29) is 5.91 Å². The van der Waals surface area contributed by atoms with Gasteiger partial charge in [-0.1, -0.05) is 49.0 Å². The van der Waals surface area contributed by atoms with E-state index in [0.29, 0.717) is 13.1 Å². The minimum atomic E-state index is -0.0135. The Labute approximate surface area is 175 Å². The summed E-state index contributed by atoms with van der Waals surface area (Å²) < 4.78 is 2.14. The van der Waals surface area contributed by atoms with E-state index >= 15 is 0 Å². The molecule has 2 aromatic carbocycles. The molecule has 0 N–H and O–H groups in total. The number of aryl methyl sites for hydroxylation is 1. The number of carbonyl (C=O) groups excluding carboxylic acids is 1. The number of amides is 1. The van der Waals surface area contributed by atoms with Crippen LogP contribution in [0.25, 0.3) is 33.1 Å². The van der Waals surface area contributed by atoms with Crippen molar-refractivity contribution in [2.24, 2.45) is 7.05 Å². The molecule has 1 saturated heterocycles. The molecule has 0 saturated carbocycles. The van der Waals surface area contributed by atoms with Crippen LogP contribution in [0.4, 0.5) is 5.82 Å². The van der Waals surface area contributed by atoms with E-state index in [1.165, 1.54) is 22.4 Å². The summed E-state index contributed by atoms with van der Waals surface area (Å²) in [5, 5.41) is 3.47. The number of benzene rings is 2. The van der Waals surface area contributed by atoms with Crippen LogP contribution in [-0.2, 0) is 11.8 Å². The molecule has 1 aliphatic heterocycles. The van der Waals surface area contributed by atoms with Gasteiger partial charge < -0.3 is 14.4 Å². The largest absolute Gasteiger partial charge is 0.352 e. The van der Waals surface area contributed by atoms with Crippen molar-refractivity contribution in [1.29, 1.82) is 0 Å². The molecule has 3 heterocycles. The van der Waals surface area contributed by atoms with Gasteiger partial charge in [-0.25, -0.2) is 9.97 Å². The fourth-order valence-corrected chi connectivity index (χ4v) is 4.35. The van der Waals surface area contributed by atoms with Crippen molar-refractivity contribution in [2.45, 2.75) is 0 Å². The first kappa shape index (κ1) is 18.4. The molecular weight excluding hydrogens is 374 g/mol. The van der Waals surface area contributed by atoms with Gasteiger partial charge in [0.15, 0.2) is 0 Å². The predicted molar refractivity (Wildman–Crippen MR) is 120 cm³/mol. The number of aromatic nitrogens is 3. The molecule has 30 heavy (non-hydrogen) atoms. The second-order valence-corrected chi connectivity index (χ2v) is 7.57. The fourth-order valence-electron chi connectivity index (χ4n) is 4.35. The summed E-state index contributed by atoms with van der Waals surface area (Å²) in [5.74, 6) is 0.910. The van der Waals surface area contributed by atoms with Crippen LogP contribution in [0.15, 0.2) is 67.5 Å². The summed E-state index contributed by atoms with van der Waals surface area (Å²) in [5.41, 5.74) is 3.21. The maximum Gasteiger partial charge on any atom is 0.246 e. The van der Waals surface area contributed by atoms with Crippen LogP contribution in [-0.4, -0.2) is 51.5 Å². The second kappa shape index (κ2) is 7.30. The number of hydrogen-bond acceptors (Lipinski definition) is 4. The highest BCUT2D eigenvalue weighted by Crippen LogP contribution is 2.34. The van der Waals surface area contributed by atoms with Crippen molar-refractivity contribution in [1.82, 2.24) is 19.4 Å². The van der Waals surface area contributed by atoms with E-state index in [1.54, 1.807) is 6.33 Å². The van der Waals surface area contributed by atoms with Crippen molar-refractivity contribution < 1.29 is 4.79 Å². The first-order valence-electron chi connectivity index (χ1n) is 10.1. The Kier molecular flexibility index (Phi) is 4.47. The normalized spacial score (nSPS) is 14.4. The van der Waals surface area contributed by atoms with E-state index in [0.717, 1.165) is 35.6 Å². The van der Waals surface area contributed by atoms with Gasteiger partial charge in [-0.05, 0) is 22.9 Å². The van der Waals surface area contributed by atoms with E-state index in [9.17, 15) is 4.79 Å². The zero-order valence-electron chi connectivity index (χ0n) is 17.0. The highest BCUT2D eigenvalue weighted by atomic mass is 16.2. The van der Waals surface area contributed by atoms with Gasteiger partial charge in [0.25, 0.3) is 0 Å². The number of carbonyl (C=O) groups is 1. The average Bonchev–Trinajstić information content (AvgIpc) is 3.14. The number of anilines is 1. The Bertz CT molecular complexity index is 1260. The van der Waals surface area contributed by atoms with Crippen molar-refractivity contribution in [2.75, 3.05) is 31.1 Å². The van der Waals surface area contributed by atoms with Crippen molar-refractivity contribution in [3.8, 4) is 11.3 Å². The van der Waals surface area contributed by atoms with Gasteiger partial charge in [0, 0.05) is 38.8 Å². The molecule has 5 rings (SSSR count). The number of piperazine rings is 1. The van der Waals surface area contributed by atoms with Crippen molar-refractivity contribution >= 4 is 33.5 Å². The zero-order valence-corrected chi connectivity index (χ0v) is 17.0.